The van der Waals surface area contributed by atoms with Crippen molar-refractivity contribution in [2.24, 2.45) is 0 Å². The molecule has 0 unspecified atom stereocenters. The Morgan fingerprint density at radius 3 is 2.36 bits per heavy atom. The molecule has 0 spiro atoms. The Morgan fingerprint density at radius 1 is 1.11 bits per heavy atom. The highest BCUT2D eigenvalue weighted by Crippen LogP contribution is 2.21. The molecule has 0 aliphatic carbocycles. The molecule has 1 aromatic heterocycles. The van der Waals surface area contributed by atoms with Crippen LogP contribution in [0.5, 0.6) is 0 Å². The van der Waals surface area contributed by atoms with E-state index in [4.69, 9.17) is 16.1 Å². The van der Waals surface area contributed by atoms with E-state index in [9.17, 15) is 14.4 Å². The van der Waals surface area contributed by atoms with Crippen molar-refractivity contribution in [2.75, 3.05) is 4.90 Å². The minimum absolute atomic E-state index is 0.0245. The number of carbonyl (C=O) groups is 1. The van der Waals surface area contributed by atoms with Crippen LogP contribution in [0.1, 0.15) is 25.0 Å². The fraction of sp³-hybridized carbons (Fsp3) is 0.250. The number of amides is 1. The standard InChI is InChI=1S/C20H20ClN3O4/c1-13(2)23(17-10-8-16(21)9-11-17)19(26)24-18(25)22(20(27)28-24)12-15-7-5-4-6-14(15)3/h4-11,13H,12H2,1-3H3. The molecular weight excluding hydrogens is 382 g/mol. The highest BCUT2D eigenvalue weighted by atomic mass is 35.5. The predicted molar refractivity (Wildman–Crippen MR) is 107 cm³/mol. The van der Waals surface area contributed by atoms with E-state index in [1.807, 2.05) is 31.2 Å². The van der Waals surface area contributed by atoms with Crippen molar-refractivity contribution in [3.05, 3.63) is 85.7 Å². The summed E-state index contributed by atoms with van der Waals surface area (Å²) in [6, 6.07) is 12.9. The molecule has 0 aliphatic heterocycles. The monoisotopic (exact) mass is 401 g/mol. The molecule has 0 saturated carbocycles. The van der Waals surface area contributed by atoms with Crippen LogP contribution in [0.25, 0.3) is 0 Å². The Kier molecular flexibility index (Phi) is 5.56. The molecule has 0 saturated heterocycles. The van der Waals surface area contributed by atoms with Gasteiger partial charge in [0.25, 0.3) is 0 Å². The molecule has 146 valence electrons. The fourth-order valence-electron chi connectivity index (χ4n) is 2.89. The lowest BCUT2D eigenvalue weighted by Gasteiger charge is -2.25. The summed E-state index contributed by atoms with van der Waals surface area (Å²) in [7, 11) is 0. The molecule has 1 amide bonds. The zero-order valence-corrected chi connectivity index (χ0v) is 16.5. The number of hydrogen-bond donors (Lipinski definition) is 0. The second-order valence-corrected chi connectivity index (χ2v) is 7.11. The van der Waals surface area contributed by atoms with E-state index in [-0.39, 0.29) is 12.6 Å². The number of halogens is 1. The minimum Gasteiger partial charge on any atom is -0.307 e. The summed E-state index contributed by atoms with van der Waals surface area (Å²) in [5.41, 5.74) is 1.43. The molecule has 1 heterocycles. The highest BCUT2D eigenvalue weighted by molar-refractivity contribution is 6.30. The first-order valence-corrected chi connectivity index (χ1v) is 9.14. The van der Waals surface area contributed by atoms with Gasteiger partial charge >= 0.3 is 17.5 Å². The molecule has 0 fully saturated rings. The fourth-order valence-corrected chi connectivity index (χ4v) is 3.02. The van der Waals surface area contributed by atoms with Crippen LogP contribution in [0, 0.1) is 6.92 Å². The first kappa shape index (κ1) is 19.7. The van der Waals surface area contributed by atoms with Crippen LogP contribution in [-0.2, 0) is 6.54 Å². The van der Waals surface area contributed by atoms with Gasteiger partial charge in [-0.05, 0) is 56.2 Å². The number of benzene rings is 2. The average Bonchev–Trinajstić information content (AvgIpc) is 2.93. The molecule has 0 bridgehead atoms. The smallest absolute Gasteiger partial charge is 0.307 e. The van der Waals surface area contributed by atoms with E-state index in [1.54, 1.807) is 38.1 Å². The van der Waals surface area contributed by atoms with E-state index in [1.165, 1.54) is 4.90 Å². The third-order valence-corrected chi connectivity index (χ3v) is 4.64. The van der Waals surface area contributed by atoms with Gasteiger partial charge in [-0.1, -0.05) is 40.6 Å². The first-order chi connectivity index (χ1) is 13.3. The van der Waals surface area contributed by atoms with Crippen LogP contribution < -0.4 is 16.3 Å². The van der Waals surface area contributed by atoms with Crippen molar-refractivity contribution in [2.45, 2.75) is 33.4 Å². The Bertz CT molecular complexity index is 1110. The van der Waals surface area contributed by atoms with Gasteiger partial charge in [-0.15, -0.1) is 0 Å². The molecule has 3 aromatic rings. The van der Waals surface area contributed by atoms with Crippen molar-refractivity contribution in [3.8, 4) is 0 Å². The number of anilines is 1. The van der Waals surface area contributed by atoms with Crippen LogP contribution in [0.3, 0.4) is 0 Å². The number of hydrogen-bond acceptors (Lipinski definition) is 4. The van der Waals surface area contributed by atoms with Crippen molar-refractivity contribution in [1.82, 2.24) is 9.31 Å². The van der Waals surface area contributed by atoms with Gasteiger partial charge in [0.15, 0.2) is 0 Å². The highest BCUT2D eigenvalue weighted by Gasteiger charge is 2.26. The van der Waals surface area contributed by atoms with E-state index >= 15 is 0 Å². The van der Waals surface area contributed by atoms with Crippen molar-refractivity contribution in [3.63, 3.8) is 0 Å². The van der Waals surface area contributed by atoms with Crippen LogP contribution in [0.15, 0.2) is 62.6 Å². The maximum atomic E-state index is 13.0. The normalized spacial score (nSPS) is 11.0. The van der Waals surface area contributed by atoms with Gasteiger partial charge in [-0.25, -0.2) is 19.0 Å². The molecule has 8 heteroatoms. The van der Waals surface area contributed by atoms with Gasteiger partial charge < -0.3 is 4.52 Å². The van der Waals surface area contributed by atoms with E-state index < -0.39 is 17.5 Å². The van der Waals surface area contributed by atoms with Crippen LogP contribution in [0.4, 0.5) is 10.5 Å². The van der Waals surface area contributed by atoms with Gasteiger partial charge in [0.1, 0.15) is 0 Å². The Labute approximate surface area is 166 Å². The number of aryl methyl sites for hydroxylation is 1. The summed E-state index contributed by atoms with van der Waals surface area (Å²) >= 11 is 5.91. The topological polar surface area (TPSA) is 77.5 Å². The maximum Gasteiger partial charge on any atom is 0.443 e. The van der Waals surface area contributed by atoms with Crippen molar-refractivity contribution >= 4 is 23.3 Å². The minimum atomic E-state index is -0.888. The van der Waals surface area contributed by atoms with Crippen molar-refractivity contribution in [1.29, 1.82) is 0 Å². The van der Waals surface area contributed by atoms with Gasteiger partial charge in [-0.2, -0.15) is 0 Å². The first-order valence-electron chi connectivity index (χ1n) is 8.76. The van der Waals surface area contributed by atoms with E-state index in [0.29, 0.717) is 15.4 Å². The molecule has 28 heavy (non-hydrogen) atoms. The van der Waals surface area contributed by atoms with Crippen molar-refractivity contribution < 1.29 is 9.32 Å². The van der Waals surface area contributed by atoms with Gasteiger partial charge in [-0.3, -0.25) is 4.90 Å². The molecule has 0 aliphatic rings. The number of carbonyl (C=O) groups excluding carboxylic acids is 1. The molecule has 0 atom stereocenters. The summed E-state index contributed by atoms with van der Waals surface area (Å²) in [6.45, 7) is 5.49. The summed E-state index contributed by atoms with van der Waals surface area (Å²) in [5.74, 6) is -0.888. The summed E-state index contributed by atoms with van der Waals surface area (Å²) in [4.78, 5) is 39.3. The quantitative estimate of drug-likeness (QED) is 0.670. The van der Waals surface area contributed by atoms with Crippen LogP contribution in [-0.4, -0.2) is 21.4 Å². The zero-order chi connectivity index (χ0) is 20.4. The Morgan fingerprint density at radius 2 is 1.75 bits per heavy atom. The maximum absolute atomic E-state index is 13.0. The second kappa shape index (κ2) is 7.90. The summed E-state index contributed by atoms with van der Waals surface area (Å²) < 4.78 is 6.39. The SMILES string of the molecule is Cc1ccccc1Cn1c(=O)on(C(=O)N(c2ccc(Cl)cc2)C(C)C)c1=O. The van der Waals surface area contributed by atoms with Crippen LogP contribution in [0.2, 0.25) is 5.02 Å². The number of aromatic nitrogens is 2. The molecule has 7 nitrogen and oxygen atoms in total. The zero-order valence-electron chi connectivity index (χ0n) is 15.8. The van der Waals surface area contributed by atoms with E-state index in [2.05, 4.69) is 0 Å². The predicted octanol–water partition coefficient (Wildman–Crippen LogP) is 3.50. The number of rotatable bonds is 4. The Balaban J connectivity index is 2.00. The molecule has 3 rings (SSSR count). The molecule has 0 radical (unpaired) electrons. The summed E-state index contributed by atoms with van der Waals surface area (Å²) in [6.07, 6.45) is 0. The lowest BCUT2D eigenvalue weighted by molar-refractivity contribution is 0.208. The van der Waals surface area contributed by atoms with Gasteiger partial charge in [0, 0.05) is 16.8 Å². The molecule has 2 aromatic carbocycles. The van der Waals surface area contributed by atoms with Gasteiger partial charge in [0.05, 0.1) is 6.54 Å². The lowest BCUT2D eigenvalue weighted by atomic mass is 10.1. The second-order valence-electron chi connectivity index (χ2n) is 6.67. The lowest BCUT2D eigenvalue weighted by Crippen LogP contribution is -2.44. The largest absolute Gasteiger partial charge is 0.443 e. The average molecular weight is 402 g/mol. The van der Waals surface area contributed by atoms with Crippen LogP contribution >= 0.6 is 11.6 Å². The number of nitrogens with zero attached hydrogens (tertiary/aromatic N) is 3. The van der Waals surface area contributed by atoms with Gasteiger partial charge in [0.2, 0.25) is 0 Å². The third-order valence-electron chi connectivity index (χ3n) is 4.39. The molecule has 0 N–H and O–H groups in total. The molecular formula is C20H20ClN3O4. The van der Waals surface area contributed by atoms with E-state index in [0.717, 1.165) is 15.7 Å². The Hall–Kier alpha value is -3.06. The summed E-state index contributed by atoms with van der Waals surface area (Å²) in [5, 5.41) is 0.521. The third kappa shape index (κ3) is 3.80.